The first-order valence-electron chi connectivity index (χ1n) is 6.66. The van der Waals surface area contributed by atoms with Crippen LogP contribution in [0.25, 0.3) is 11.0 Å². The molecule has 1 aliphatic heterocycles. The van der Waals surface area contributed by atoms with Crippen LogP contribution in [0.15, 0.2) is 18.2 Å². The predicted molar refractivity (Wildman–Crippen MR) is 77.7 cm³/mol. The van der Waals surface area contributed by atoms with Crippen LogP contribution >= 0.6 is 11.6 Å². The fourth-order valence-corrected chi connectivity index (χ4v) is 2.71. The number of aryl methyl sites for hydroxylation is 2. The molecule has 3 rings (SSSR count). The number of imidazole rings is 1. The van der Waals surface area contributed by atoms with Gasteiger partial charge in [-0.1, -0.05) is 6.07 Å². The number of aromatic nitrogens is 2. The molecule has 19 heavy (non-hydrogen) atoms. The molecule has 102 valence electrons. The smallest absolute Gasteiger partial charge is 0.130 e. The molecule has 1 aromatic carbocycles. The predicted octanol–water partition coefficient (Wildman–Crippen LogP) is 2.09. The van der Waals surface area contributed by atoms with Gasteiger partial charge in [0.25, 0.3) is 0 Å². The van der Waals surface area contributed by atoms with E-state index in [0.717, 1.165) is 44.1 Å². The van der Waals surface area contributed by atoms with E-state index in [1.165, 1.54) is 11.1 Å². The Bertz CT molecular complexity index is 575. The lowest BCUT2D eigenvalue weighted by Gasteiger charge is -2.31. The third-order valence-corrected chi connectivity index (χ3v) is 3.63. The summed E-state index contributed by atoms with van der Waals surface area (Å²) < 4.78 is 7.66. The third-order valence-electron chi connectivity index (χ3n) is 3.44. The van der Waals surface area contributed by atoms with Crippen molar-refractivity contribution < 1.29 is 4.74 Å². The molecule has 0 aliphatic carbocycles. The Kier molecular flexibility index (Phi) is 3.62. The maximum atomic E-state index is 5.91. The Morgan fingerprint density at radius 1 is 1.32 bits per heavy atom. The number of hydrogen-bond donors (Lipinski definition) is 0. The SMILES string of the molecule is Cc1ccc2nc(CCCl)n(N3CCOCC3)c2c1. The minimum atomic E-state index is 0.590. The quantitative estimate of drug-likeness (QED) is 0.806. The lowest BCUT2D eigenvalue weighted by atomic mass is 10.2. The molecule has 1 saturated heterocycles. The molecule has 0 unspecified atom stereocenters. The molecule has 1 aromatic heterocycles. The number of alkyl halides is 1. The molecular formula is C14H18ClN3O. The molecule has 2 heterocycles. The number of benzene rings is 1. The van der Waals surface area contributed by atoms with Gasteiger partial charge in [0.1, 0.15) is 5.82 Å². The van der Waals surface area contributed by atoms with Gasteiger partial charge in [-0.2, -0.15) is 0 Å². The lowest BCUT2D eigenvalue weighted by molar-refractivity contribution is 0.111. The first kappa shape index (κ1) is 12.8. The summed E-state index contributed by atoms with van der Waals surface area (Å²) in [5.41, 5.74) is 3.46. The Morgan fingerprint density at radius 3 is 2.84 bits per heavy atom. The maximum absolute atomic E-state index is 5.91. The molecule has 2 aromatic rings. The highest BCUT2D eigenvalue weighted by molar-refractivity contribution is 6.17. The van der Waals surface area contributed by atoms with Gasteiger partial charge in [-0.15, -0.1) is 11.6 Å². The molecule has 1 aliphatic rings. The number of rotatable bonds is 3. The summed E-state index contributed by atoms with van der Waals surface area (Å²) in [6.07, 6.45) is 0.784. The second-order valence-corrected chi connectivity index (χ2v) is 5.21. The van der Waals surface area contributed by atoms with E-state index in [0.29, 0.717) is 5.88 Å². The molecule has 1 fully saturated rings. The number of morpholine rings is 1. The Hall–Kier alpha value is -1.26. The molecule has 0 saturated carbocycles. The van der Waals surface area contributed by atoms with Crippen molar-refractivity contribution in [1.82, 2.24) is 9.66 Å². The van der Waals surface area contributed by atoms with Crippen molar-refractivity contribution in [3.05, 3.63) is 29.6 Å². The van der Waals surface area contributed by atoms with Crippen molar-refractivity contribution in [3.63, 3.8) is 0 Å². The molecule has 0 spiro atoms. The summed E-state index contributed by atoms with van der Waals surface area (Å²) in [5.74, 6) is 1.63. The van der Waals surface area contributed by atoms with Crippen molar-refractivity contribution in [2.45, 2.75) is 13.3 Å². The normalized spacial score (nSPS) is 16.2. The van der Waals surface area contributed by atoms with Crippen LogP contribution in [0.4, 0.5) is 0 Å². The number of nitrogens with zero attached hydrogens (tertiary/aromatic N) is 3. The van der Waals surface area contributed by atoms with Gasteiger partial charge in [0.05, 0.1) is 37.3 Å². The number of fused-ring (bicyclic) bond motifs is 1. The standard InChI is InChI=1S/C14H18ClN3O/c1-11-2-3-12-13(10-11)18(14(16-12)4-5-15)17-6-8-19-9-7-17/h2-3,10H,4-9H2,1H3. The van der Waals surface area contributed by atoms with Crippen molar-refractivity contribution in [1.29, 1.82) is 0 Å². The number of hydrogen-bond acceptors (Lipinski definition) is 3. The third kappa shape index (κ3) is 2.42. The van der Waals surface area contributed by atoms with Gasteiger partial charge in [-0.25, -0.2) is 9.66 Å². The van der Waals surface area contributed by atoms with Crippen molar-refractivity contribution in [2.24, 2.45) is 0 Å². The number of halogens is 1. The largest absolute Gasteiger partial charge is 0.378 e. The Balaban J connectivity index is 2.11. The molecule has 0 N–H and O–H groups in total. The maximum Gasteiger partial charge on any atom is 0.130 e. The van der Waals surface area contributed by atoms with E-state index in [4.69, 9.17) is 21.3 Å². The topological polar surface area (TPSA) is 30.3 Å². The van der Waals surface area contributed by atoms with Gasteiger partial charge in [-0.3, -0.25) is 0 Å². The van der Waals surface area contributed by atoms with E-state index in [1.54, 1.807) is 0 Å². The molecule has 0 atom stereocenters. The van der Waals surface area contributed by atoms with Crippen molar-refractivity contribution in [3.8, 4) is 0 Å². The fraction of sp³-hybridized carbons (Fsp3) is 0.500. The minimum Gasteiger partial charge on any atom is -0.378 e. The highest BCUT2D eigenvalue weighted by atomic mass is 35.5. The average molecular weight is 280 g/mol. The summed E-state index contributed by atoms with van der Waals surface area (Å²) in [4.78, 5) is 4.71. The molecule has 0 bridgehead atoms. The van der Waals surface area contributed by atoms with Gasteiger partial charge in [0.2, 0.25) is 0 Å². The van der Waals surface area contributed by atoms with Crippen LogP contribution in [0, 0.1) is 6.92 Å². The fourth-order valence-electron chi connectivity index (χ4n) is 2.54. The van der Waals surface area contributed by atoms with Gasteiger partial charge in [0, 0.05) is 12.3 Å². The van der Waals surface area contributed by atoms with Crippen molar-refractivity contribution >= 4 is 22.6 Å². The first-order valence-corrected chi connectivity index (χ1v) is 7.20. The van der Waals surface area contributed by atoms with Gasteiger partial charge in [-0.05, 0) is 24.6 Å². The Morgan fingerprint density at radius 2 is 2.11 bits per heavy atom. The summed E-state index contributed by atoms with van der Waals surface area (Å²) in [6, 6.07) is 6.37. The van der Waals surface area contributed by atoms with Crippen molar-refractivity contribution in [2.75, 3.05) is 37.2 Å². The zero-order valence-corrected chi connectivity index (χ0v) is 11.9. The summed E-state index contributed by atoms with van der Waals surface area (Å²) in [5, 5.41) is 2.31. The molecule has 0 radical (unpaired) electrons. The van der Waals surface area contributed by atoms with Crippen LogP contribution in [-0.4, -0.2) is 41.8 Å². The summed E-state index contributed by atoms with van der Waals surface area (Å²) in [6.45, 7) is 5.44. The zero-order valence-electron chi connectivity index (χ0n) is 11.1. The molecule has 0 amide bonds. The van der Waals surface area contributed by atoms with Gasteiger partial charge < -0.3 is 9.75 Å². The van der Waals surface area contributed by atoms with Crippen LogP contribution < -0.4 is 5.01 Å². The van der Waals surface area contributed by atoms with Crippen LogP contribution in [0.3, 0.4) is 0 Å². The average Bonchev–Trinajstić information content (AvgIpc) is 2.77. The highest BCUT2D eigenvalue weighted by Gasteiger charge is 2.18. The lowest BCUT2D eigenvalue weighted by Crippen LogP contribution is -2.44. The van der Waals surface area contributed by atoms with Gasteiger partial charge in [0.15, 0.2) is 0 Å². The molecule has 4 nitrogen and oxygen atoms in total. The van der Waals surface area contributed by atoms with E-state index >= 15 is 0 Å². The second-order valence-electron chi connectivity index (χ2n) is 4.84. The van der Waals surface area contributed by atoms with E-state index < -0.39 is 0 Å². The van der Waals surface area contributed by atoms with E-state index in [2.05, 4.69) is 34.8 Å². The minimum absolute atomic E-state index is 0.590. The highest BCUT2D eigenvalue weighted by Crippen LogP contribution is 2.19. The van der Waals surface area contributed by atoms with E-state index in [-0.39, 0.29) is 0 Å². The van der Waals surface area contributed by atoms with Crippen LogP contribution in [-0.2, 0) is 11.2 Å². The monoisotopic (exact) mass is 279 g/mol. The van der Waals surface area contributed by atoms with Crippen LogP contribution in [0.5, 0.6) is 0 Å². The van der Waals surface area contributed by atoms with E-state index in [9.17, 15) is 0 Å². The van der Waals surface area contributed by atoms with Gasteiger partial charge >= 0.3 is 0 Å². The first-order chi connectivity index (χ1) is 9.29. The molecule has 5 heteroatoms. The number of ether oxygens (including phenoxy) is 1. The summed E-state index contributed by atoms with van der Waals surface area (Å²) >= 11 is 5.91. The molecular weight excluding hydrogens is 262 g/mol. The Labute approximate surface area is 117 Å². The van der Waals surface area contributed by atoms with Crippen LogP contribution in [0.2, 0.25) is 0 Å². The van der Waals surface area contributed by atoms with Crippen LogP contribution in [0.1, 0.15) is 11.4 Å². The summed E-state index contributed by atoms with van der Waals surface area (Å²) in [7, 11) is 0. The second kappa shape index (κ2) is 5.39. The van der Waals surface area contributed by atoms with E-state index in [1.807, 2.05) is 0 Å². The zero-order chi connectivity index (χ0) is 13.2.